The van der Waals surface area contributed by atoms with Crippen LogP contribution in [0.15, 0.2) is 54.6 Å². The summed E-state index contributed by atoms with van der Waals surface area (Å²) in [4.78, 5) is 12.4. The molecule has 0 bridgehead atoms. The van der Waals surface area contributed by atoms with Crippen LogP contribution >= 0.6 is 12.4 Å². The first-order valence-corrected chi connectivity index (χ1v) is 7.29. The number of hydrogen-bond acceptors (Lipinski definition) is 3. The molecule has 2 aromatic carbocycles. The highest BCUT2D eigenvalue weighted by molar-refractivity contribution is 5.85. The minimum Gasteiger partial charge on any atom is -0.489 e. The van der Waals surface area contributed by atoms with Crippen LogP contribution in [0.2, 0.25) is 0 Å². The molecule has 0 aliphatic rings. The summed E-state index contributed by atoms with van der Waals surface area (Å²) in [5.74, 6) is 0.0404. The van der Waals surface area contributed by atoms with E-state index in [4.69, 9.17) is 9.84 Å². The minimum absolute atomic E-state index is 0. The lowest BCUT2D eigenvalue weighted by Gasteiger charge is -2.13. The Labute approximate surface area is 143 Å². The molecule has 0 radical (unpaired) electrons. The molecule has 2 rings (SSSR count). The maximum Gasteiger partial charge on any atom is 0.317 e. The van der Waals surface area contributed by atoms with E-state index in [1.807, 2.05) is 61.6 Å². The molecular formula is C18H22ClNO3. The second-order valence-electron chi connectivity index (χ2n) is 5.30. The second kappa shape index (κ2) is 9.87. The Kier molecular flexibility index (Phi) is 8.16. The van der Waals surface area contributed by atoms with E-state index in [1.54, 1.807) is 4.90 Å². The van der Waals surface area contributed by atoms with Gasteiger partial charge in [-0.3, -0.25) is 9.69 Å². The Bertz CT molecular complexity index is 587. The Balaban J connectivity index is 0.00000264. The molecule has 23 heavy (non-hydrogen) atoms. The maximum atomic E-state index is 10.6. The van der Waals surface area contributed by atoms with E-state index >= 15 is 0 Å². The van der Waals surface area contributed by atoms with Crippen LogP contribution in [0.3, 0.4) is 0 Å². The maximum absolute atomic E-state index is 10.6. The first kappa shape index (κ1) is 19.0. The third-order valence-electron chi connectivity index (χ3n) is 3.36. The Hall–Kier alpha value is -2.04. The normalized spacial score (nSPS) is 10.2. The number of hydrogen-bond donors (Lipinski definition) is 1. The van der Waals surface area contributed by atoms with Crippen LogP contribution in [0.1, 0.15) is 11.1 Å². The number of rotatable bonds is 8. The van der Waals surface area contributed by atoms with Crippen molar-refractivity contribution in [1.29, 1.82) is 0 Å². The fraction of sp³-hybridized carbons (Fsp3) is 0.278. The van der Waals surface area contributed by atoms with Gasteiger partial charge >= 0.3 is 5.97 Å². The summed E-state index contributed by atoms with van der Waals surface area (Å²) >= 11 is 0. The van der Waals surface area contributed by atoms with Crippen molar-refractivity contribution in [2.24, 2.45) is 0 Å². The number of carbonyl (C=O) groups is 1. The SMILES string of the molecule is CN(CCc1ccc(OCc2ccccc2)cc1)CC(=O)O.Cl. The predicted octanol–water partition coefficient (Wildman–Crippen LogP) is 3.25. The molecule has 0 aliphatic carbocycles. The van der Waals surface area contributed by atoms with E-state index in [0.717, 1.165) is 24.3 Å². The van der Waals surface area contributed by atoms with E-state index in [0.29, 0.717) is 6.61 Å². The molecule has 0 aliphatic heterocycles. The molecule has 5 heteroatoms. The summed E-state index contributed by atoms with van der Waals surface area (Å²) in [6, 6.07) is 18.0. The van der Waals surface area contributed by atoms with Crippen molar-refractivity contribution in [3.8, 4) is 5.75 Å². The van der Waals surface area contributed by atoms with Crippen LogP contribution in [0.25, 0.3) is 0 Å². The van der Waals surface area contributed by atoms with Gasteiger partial charge in [-0.2, -0.15) is 0 Å². The lowest BCUT2D eigenvalue weighted by atomic mass is 10.1. The summed E-state index contributed by atoms with van der Waals surface area (Å²) in [6.07, 6.45) is 0.822. The lowest BCUT2D eigenvalue weighted by Crippen LogP contribution is -2.27. The molecule has 0 unspecified atom stereocenters. The monoisotopic (exact) mass is 335 g/mol. The molecule has 0 amide bonds. The third-order valence-corrected chi connectivity index (χ3v) is 3.36. The minimum atomic E-state index is -0.799. The van der Waals surface area contributed by atoms with Crippen LogP contribution in [0.4, 0.5) is 0 Å². The van der Waals surface area contributed by atoms with Gasteiger partial charge in [0.1, 0.15) is 12.4 Å². The zero-order chi connectivity index (χ0) is 15.8. The summed E-state index contributed by atoms with van der Waals surface area (Å²) < 4.78 is 5.74. The summed E-state index contributed by atoms with van der Waals surface area (Å²) in [6.45, 7) is 1.34. The van der Waals surface area contributed by atoms with Crippen molar-refractivity contribution in [3.63, 3.8) is 0 Å². The Morgan fingerprint density at radius 1 is 1.04 bits per heavy atom. The molecule has 2 aromatic rings. The fourth-order valence-electron chi connectivity index (χ4n) is 2.12. The van der Waals surface area contributed by atoms with Crippen molar-refractivity contribution in [2.75, 3.05) is 20.1 Å². The largest absolute Gasteiger partial charge is 0.489 e. The van der Waals surface area contributed by atoms with Crippen molar-refractivity contribution in [3.05, 3.63) is 65.7 Å². The smallest absolute Gasteiger partial charge is 0.317 e. The van der Waals surface area contributed by atoms with Gasteiger partial charge in [-0.1, -0.05) is 42.5 Å². The quantitative estimate of drug-likeness (QED) is 0.804. The summed E-state index contributed by atoms with van der Waals surface area (Å²) in [7, 11) is 1.81. The summed E-state index contributed by atoms with van der Waals surface area (Å²) in [5, 5.41) is 8.71. The van der Waals surface area contributed by atoms with Crippen LogP contribution < -0.4 is 4.74 Å². The first-order valence-electron chi connectivity index (χ1n) is 7.29. The highest BCUT2D eigenvalue weighted by atomic mass is 35.5. The standard InChI is InChI=1S/C18H21NO3.ClH/c1-19(13-18(20)21)12-11-15-7-9-17(10-8-15)22-14-16-5-3-2-4-6-16;/h2-10H,11-14H2,1H3,(H,20,21);1H. The predicted molar refractivity (Wildman–Crippen MR) is 93.3 cm³/mol. The van der Waals surface area contributed by atoms with Gasteiger partial charge in [0.05, 0.1) is 6.54 Å². The molecule has 0 atom stereocenters. The van der Waals surface area contributed by atoms with Gasteiger partial charge in [0.15, 0.2) is 0 Å². The van der Waals surface area contributed by atoms with Crippen LogP contribution in [-0.2, 0) is 17.8 Å². The molecule has 0 saturated heterocycles. The molecule has 4 nitrogen and oxygen atoms in total. The number of likely N-dealkylation sites (N-methyl/N-ethyl adjacent to an activating group) is 1. The number of ether oxygens (including phenoxy) is 1. The average Bonchev–Trinajstić information content (AvgIpc) is 2.52. The number of benzene rings is 2. The van der Waals surface area contributed by atoms with E-state index in [2.05, 4.69) is 0 Å². The van der Waals surface area contributed by atoms with Crippen molar-refractivity contribution in [1.82, 2.24) is 4.90 Å². The first-order chi connectivity index (χ1) is 10.6. The molecule has 0 spiro atoms. The van der Waals surface area contributed by atoms with Crippen LogP contribution in [-0.4, -0.2) is 36.1 Å². The van der Waals surface area contributed by atoms with Crippen molar-refractivity contribution >= 4 is 18.4 Å². The van der Waals surface area contributed by atoms with Gasteiger partial charge in [-0.25, -0.2) is 0 Å². The van der Waals surface area contributed by atoms with Crippen LogP contribution in [0.5, 0.6) is 5.75 Å². The number of aliphatic carboxylic acids is 1. The van der Waals surface area contributed by atoms with Crippen LogP contribution in [0, 0.1) is 0 Å². The number of halogens is 1. The molecular weight excluding hydrogens is 314 g/mol. The fourth-order valence-corrected chi connectivity index (χ4v) is 2.12. The van der Waals surface area contributed by atoms with Gasteiger partial charge in [0.25, 0.3) is 0 Å². The van der Waals surface area contributed by atoms with Gasteiger partial charge in [0, 0.05) is 6.54 Å². The molecule has 0 fully saturated rings. The van der Waals surface area contributed by atoms with Crippen molar-refractivity contribution < 1.29 is 14.6 Å². The van der Waals surface area contributed by atoms with E-state index in [9.17, 15) is 4.79 Å². The lowest BCUT2D eigenvalue weighted by molar-refractivity contribution is -0.137. The summed E-state index contributed by atoms with van der Waals surface area (Å²) in [5.41, 5.74) is 2.31. The molecule has 124 valence electrons. The highest BCUT2D eigenvalue weighted by Gasteiger charge is 2.04. The van der Waals surface area contributed by atoms with E-state index in [1.165, 1.54) is 5.56 Å². The third kappa shape index (κ3) is 7.17. The molecule has 0 aromatic heterocycles. The number of carboxylic acids is 1. The number of nitrogens with zero attached hydrogens (tertiary/aromatic N) is 1. The molecule has 0 saturated carbocycles. The van der Waals surface area contributed by atoms with E-state index < -0.39 is 5.97 Å². The molecule has 0 heterocycles. The van der Waals surface area contributed by atoms with Gasteiger partial charge in [-0.15, -0.1) is 12.4 Å². The Morgan fingerprint density at radius 2 is 1.70 bits per heavy atom. The van der Waals surface area contributed by atoms with Gasteiger partial charge < -0.3 is 9.84 Å². The highest BCUT2D eigenvalue weighted by Crippen LogP contribution is 2.14. The zero-order valence-corrected chi connectivity index (χ0v) is 14.0. The second-order valence-corrected chi connectivity index (χ2v) is 5.30. The topological polar surface area (TPSA) is 49.8 Å². The van der Waals surface area contributed by atoms with E-state index in [-0.39, 0.29) is 19.0 Å². The number of carboxylic acid groups (broad SMARTS) is 1. The van der Waals surface area contributed by atoms with Gasteiger partial charge in [-0.05, 0) is 36.7 Å². The molecule has 1 N–H and O–H groups in total. The average molecular weight is 336 g/mol. The Morgan fingerprint density at radius 3 is 2.30 bits per heavy atom. The van der Waals surface area contributed by atoms with Crippen molar-refractivity contribution in [2.45, 2.75) is 13.0 Å². The van der Waals surface area contributed by atoms with Gasteiger partial charge in [0.2, 0.25) is 0 Å². The zero-order valence-electron chi connectivity index (χ0n) is 13.1.